The molecule has 1 aromatic carbocycles. The Morgan fingerprint density at radius 2 is 2.00 bits per heavy atom. The number of aromatic nitrogens is 3. The van der Waals surface area contributed by atoms with Crippen LogP contribution in [0.3, 0.4) is 0 Å². The van der Waals surface area contributed by atoms with Crippen LogP contribution >= 0.6 is 0 Å². The van der Waals surface area contributed by atoms with Crippen molar-refractivity contribution in [1.29, 1.82) is 0 Å². The molecular formula is C14H17N3O. The van der Waals surface area contributed by atoms with E-state index in [1.165, 1.54) is 5.56 Å². The molecule has 0 atom stereocenters. The van der Waals surface area contributed by atoms with Gasteiger partial charge < -0.3 is 4.74 Å². The van der Waals surface area contributed by atoms with Gasteiger partial charge in [0.1, 0.15) is 5.69 Å². The summed E-state index contributed by atoms with van der Waals surface area (Å²) in [7, 11) is 0. The summed E-state index contributed by atoms with van der Waals surface area (Å²) in [5.41, 5.74) is 3.52. The molecule has 0 N–H and O–H groups in total. The van der Waals surface area contributed by atoms with E-state index in [4.69, 9.17) is 4.74 Å². The van der Waals surface area contributed by atoms with Gasteiger partial charge in [-0.2, -0.15) is 0 Å². The fourth-order valence-electron chi connectivity index (χ4n) is 2.17. The zero-order chi connectivity index (χ0) is 12.6. The minimum Gasteiger partial charge on any atom is -0.380 e. The number of aryl methyl sites for hydroxylation is 1. The second-order valence-corrected chi connectivity index (χ2v) is 5.47. The highest BCUT2D eigenvalue weighted by Crippen LogP contribution is 2.28. The van der Waals surface area contributed by atoms with Crippen molar-refractivity contribution >= 4 is 0 Å². The molecule has 4 heteroatoms. The third kappa shape index (κ3) is 2.16. The summed E-state index contributed by atoms with van der Waals surface area (Å²) in [4.78, 5) is 0. The maximum Gasteiger partial charge on any atom is 0.113 e. The minimum atomic E-state index is 0.220. The van der Waals surface area contributed by atoms with Crippen molar-refractivity contribution < 1.29 is 4.74 Å². The van der Waals surface area contributed by atoms with Crippen LogP contribution in [0.4, 0.5) is 0 Å². The van der Waals surface area contributed by atoms with Crippen LogP contribution in [0.15, 0.2) is 30.5 Å². The molecule has 0 unspecified atom stereocenters. The molecule has 0 amide bonds. The first-order valence-electron chi connectivity index (χ1n) is 6.20. The Morgan fingerprint density at radius 3 is 2.61 bits per heavy atom. The molecular weight excluding hydrogens is 226 g/mol. The van der Waals surface area contributed by atoms with Crippen molar-refractivity contribution in [3.05, 3.63) is 36.0 Å². The van der Waals surface area contributed by atoms with Crippen molar-refractivity contribution in [3.8, 4) is 11.3 Å². The van der Waals surface area contributed by atoms with Gasteiger partial charge in [-0.15, -0.1) is 5.10 Å². The molecule has 94 valence electrons. The fourth-order valence-corrected chi connectivity index (χ4v) is 2.17. The van der Waals surface area contributed by atoms with Gasteiger partial charge in [0, 0.05) is 11.0 Å². The summed E-state index contributed by atoms with van der Waals surface area (Å²) in [5.74, 6) is 0. The second-order valence-electron chi connectivity index (χ2n) is 5.47. The molecule has 1 saturated heterocycles. The Labute approximate surface area is 107 Å². The Hall–Kier alpha value is -1.68. The molecule has 2 heterocycles. The van der Waals surface area contributed by atoms with Gasteiger partial charge in [-0.25, -0.2) is 0 Å². The number of hydrogen-bond donors (Lipinski definition) is 0. The van der Waals surface area contributed by atoms with E-state index in [1.807, 2.05) is 10.9 Å². The minimum absolute atomic E-state index is 0.220. The Morgan fingerprint density at radius 1 is 1.28 bits per heavy atom. The molecule has 1 aliphatic rings. The highest BCUT2D eigenvalue weighted by atomic mass is 16.5. The SMILES string of the molecule is Cc1ccc(-c2cn(CC3(C)COC3)nn2)cc1. The van der Waals surface area contributed by atoms with Crippen LogP contribution in [0, 0.1) is 12.3 Å². The van der Waals surface area contributed by atoms with E-state index >= 15 is 0 Å². The van der Waals surface area contributed by atoms with E-state index in [9.17, 15) is 0 Å². The Bertz CT molecular complexity index is 540. The standard InChI is InChI=1S/C14H17N3O/c1-11-3-5-12(6-4-11)13-7-17(16-15-13)8-14(2)9-18-10-14/h3-7H,8-10H2,1-2H3. The zero-order valence-corrected chi connectivity index (χ0v) is 10.8. The molecule has 0 saturated carbocycles. The lowest BCUT2D eigenvalue weighted by atomic mass is 9.89. The molecule has 18 heavy (non-hydrogen) atoms. The van der Waals surface area contributed by atoms with Gasteiger partial charge >= 0.3 is 0 Å². The monoisotopic (exact) mass is 243 g/mol. The smallest absolute Gasteiger partial charge is 0.113 e. The first-order valence-corrected chi connectivity index (χ1v) is 6.20. The molecule has 2 aromatic rings. The lowest BCUT2D eigenvalue weighted by molar-refractivity contribution is -0.111. The maximum atomic E-state index is 5.25. The quantitative estimate of drug-likeness (QED) is 0.830. The largest absolute Gasteiger partial charge is 0.380 e. The van der Waals surface area contributed by atoms with Gasteiger partial charge in [0.05, 0.1) is 26.0 Å². The van der Waals surface area contributed by atoms with Crippen LogP contribution in [0.25, 0.3) is 11.3 Å². The van der Waals surface area contributed by atoms with Crippen LogP contribution < -0.4 is 0 Å². The van der Waals surface area contributed by atoms with E-state index < -0.39 is 0 Å². The van der Waals surface area contributed by atoms with E-state index in [0.717, 1.165) is 31.0 Å². The summed E-state index contributed by atoms with van der Waals surface area (Å²) in [6.45, 7) is 6.78. The van der Waals surface area contributed by atoms with Crippen LogP contribution in [0.2, 0.25) is 0 Å². The summed E-state index contributed by atoms with van der Waals surface area (Å²) in [5, 5.41) is 8.42. The molecule has 4 nitrogen and oxygen atoms in total. The highest BCUT2D eigenvalue weighted by Gasteiger charge is 2.34. The summed E-state index contributed by atoms with van der Waals surface area (Å²) in [6, 6.07) is 8.35. The van der Waals surface area contributed by atoms with Gasteiger partial charge in [0.2, 0.25) is 0 Å². The van der Waals surface area contributed by atoms with Crippen molar-refractivity contribution in [2.45, 2.75) is 20.4 Å². The van der Waals surface area contributed by atoms with Gasteiger partial charge in [-0.3, -0.25) is 4.68 Å². The van der Waals surface area contributed by atoms with Crippen molar-refractivity contribution in [2.75, 3.05) is 13.2 Å². The molecule has 1 aromatic heterocycles. The molecule has 3 rings (SSSR count). The third-order valence-corrected chi connectivity index (χ3v) is 3.33. The lowest BCUT2D eigenvalue weighted by Crippen LogP contribution is -2.43. The van der Waals surface area contributed by atoms with Crippen LogP contribution in [0.5, 0.6) is 0 Å². The predicted molar refractivity (Wildman–Crippen MR) is 69.1 cm³/mol. The number of benzene rings is 1. The summed E-state index contributed by atoms with van der Waals surface area (Å²) >= 11 is 0. The van der Waals surface area contributed by atoms with Gasteiger partial charge in [-0.1, -0.05) is 42.0 Å². The molecule has 1 fully saturated rings. The number of rotatable bonds is 3. The second kappa shape index (κ2) is 4.21. The molecule has 1 aliphatic heterocycles. The van der Waals surface area contributed by atoms with Gasteiger partial charge in [-0.05, 0) is 6.92 Å². The third-order valence-electron chi connectivity index (χ3n) is 3.33. The van der Waals surface area contributed by atoms with E-state index in [2.05, 4.69) is 48.4 Å². The van der Waals surface area contributed by atoms with Gasteiger partial charge in [0.15, 0.2) is 0 Å². The van der Waals surface area contributed by atoms with E-state index in [0.29, 0.717) is 0 Å². The molecule has 0 spiro atoms. The molecule has 0 aliphatic carbocycles. The fraction of sp³-hybridized carbons (Fsp3) is 0.429. The van der Waals surface area contributed by atoms with Gasteiger partial charge in [0.25, 0.3) is 0 Å². The average Bonchev–Trinajstić information content (AvgIpc) is 2.76. The Kier molecular flexibility index (Phi) is 2.67. The zero-order valence-electron chi connectivity index (χ0n) is 10.8. The lowest BCUT2D eigenvalue weighted by Gasteiger charge is -2.37. The first-order chi connectivity index (χ1) is 8.65. The van der Waals surface area contributed by atoms with E-state index in [1.54, 1.807) is 0 Å². The van der Waals surface area contributed by atoms with Crippen molar-refractivity contribution in [2.24, 2.45) is 5.41 Å². The first kappa shape index (κ1) is 11.4. The van der Waals surface area contributed by atoms with Crippen molar-refractivity contribution in [3.63, 3.8) is 0 Å². The van der Waals surface area contributed by atoms with Crippen LogP contribution in [-0.2, 0) is 11.3 Å². The predicted octanol–water partition coefficient (Wildman–Crippen LogP) is 2.29. The summed E-state index contributed by atoms with van der Waals surface area (Å²) in [6.07, 6.45) is 2.01. The maximum absolute atomic E-state index is 5.25. The number of hydrogen-bond acceptors (Lipinski definition) is 3. The van der Waals surface area contributed by atoms with Crippen LogP contribution in [0.1, 0.15) is 12.5 Å². The average molecular weight is 243 g/mol. The normalized spacial score (nSPS) is 17.4. The Balaban J connectivity index is 1.78. The summed E-state index contributed by atoms with van der Waals surface area (Å²) < 4.78 is 7.17. The van der Waals surface area contributed by atoms with Crippen molar-refractivity contribution in [1.82, 2.24) is 15.0 Å². The molecule has 0 radical (unpaired) electrons. The molecule has 0 bridgehead atoms. The number of nitrogens with zero attached hydrogens (tertiary/aromatic N) is 3. The van der Waals surface area contributed by atoms with Crippen LogP contribution in [-0.4, -0.2) is 28.2 Å². The van der Waals surface area contributed by atoms with E-state index in [-0.39, 0.29) is 5.41 Å². The number of ether oxygens (including phenoxy) is 1. The topological polar surface area (TPSA) is 39.9 Å². The highest BCUT2D eigenvalue weighted by molar-refractivity contribution is 5.57.